The van der Waals surface area contributed by atoms with Crippen LogP contribution in [0.5, 0.6) is 5.75 Å². The molecule has 1 atom stereocenters. The molecule has 1 unspecified atom stereocenters. The molecule has 21 heavy (non-hydrogen) atoms. The van der Waals surface area contributed by atoms with Crippen LogP contribution in [-0.2, 0) is 4.79 Å². The van der Waals surface area contributed by atoms with Crippen molar-refractivity contribution in [3.8, 4) is 5.75 Å². The van der Waals surface area contributed by atoms with Gasteiger partial charge in [0.15, 0.2) is 11.6 Å². The maximum atomic E-state index is 13.3. The summed E-state index contributed by atoms with van der Waals surface area (Å²) in [6.07, 6.45) is 0.624. The monoisotopic (exact) mass is 293 g/mol. The molecule has 0 spiro atoms. The molecule has 1 aromatic heterocycles. The largest absolute Gasteiger partial charge is 0.490 e. The number of amides is 1. The van der Waals surface area contributed by atoms with Crippen molar-refractivity contribution in [2.75, 3.05) is 13.2 Å². The summed E-state index contributed by atoms with van der Waals surface area (Å²) in [5.41, 5.74) is 0. The normalized spacial score (nSPS) is 11.9. The molecule has 2 aromatic rings. The summed E-state index contributed by atoms with van der Waals surface area (Å²) < 4.78 is 23.4. The summed E-state index contributed by atoms with van der Waals surface area (Å²) in [6.45, 7) is 0.107. The lowest BCUT2D eigenvalue weighted by Gasteiger charge is -2.10. The Kier molecular flexibility index (Phi) is 5.34. The van der Waals surface area contributed by atoms with Gasteiger partial charge in [0.25, 0.3) is 0 Å². The van der Waals surface area contributed by atoms with Gasteiger partial charge in [-0.3, -0.25) is 4.79 Å². The molecule has 0 aliphatic carbocycles. The van der Waals surface area contributed by atoms with Crippen molar-refractivity contribution in [3.05, 3.63) is 54.2 Å². The van der Waals surface area contributed by atoms with Gasteiger partial charge in [-0.2, -0.15) is 0 Å². The summed E-state index contributed by atoms with van der Waals surface area (Å²) in [5, 5.41) is 12.3. The highest BCUT2D eigenvalue weighted by molar-refractivity contribution is 5.76. The van der Waals surface area contributed by atoms with Crippen LogP contribution >= 0.6 is 0 Å². The van der Waals surface area contributed by atoms with Crippen molar-refractivity contribution in [2.45, 2.75) is 12.5 Å². The third-order valence-corrected chi connectivity index (χ3v) is 2.79. The molecule has 0 saturated heterocycles. The second-order valence-corrected chi connectivity index (χ2v) is 4.36. The van der Waals surface area contributed by atoms with Crippen LogP contribution in [0.1, 0.15) is 18.3 Å². The number of nitrogens with one attached hydrogen (secondary N) is 1. The predicted octanol–water partition coefficient (Wildman–Crippen LogP) is 2.04. The Hall–Kier alpha value is -2.34. The molecule has 112 valence electrons. The van der Waals surface area contributed by atoms with E-state index in [4.69, 9.17) is 9.15 Å². The molecule has 6 heteroatoms. The molecule has 2 N–H and O–H groups in total. The number of aliphatic hydroxyl groups is 1. The van der Waals surface area contributed by atoms with Crippen LogP contribution in [0.15, 0.2) is 47.1 Å². The van der Waals surface area contributed by atoms with Crippen molar-refractivity contribution < 1.29 is 23.4 Å². The van der Waals surface area contributed by atoms with Crippen molar-refractivity contribution in [1.82, 2.24) is 5.32 Å². The van der Waals surface area contributed by atoms with Crippen molar-refractivity contribution in [1.29, 1.82) is 0 Å². The SMILES string of the molecule is O=C(CCOc1ccccc1F)NCC(O)c1ccco1. The van der Waals surface area contributed by atoms with Crippen LogP contribution in [0.4, 0.5) is 4.39 Å². The highest BCUT2D eigenvalue weighted by Crippen LogP contribution is 2.15. The van der Waals surface area contributed by atoms with E-state index in [0.717, 1.165) is 0 Å². The molecule has 1 heterocycles. The number of carbonyl (C=O) groups is 1. The quantitative estimate of drug-likeness (QED) is 0.819. The van der Waals surface area contributed by atoms with Gasteiger partial charge in [-0.1, -0.05) is 12.1 Å². The number of benzene rings is 1. The van der Waals surface area contributed by atoms with E-state index < -0.39 is 11.9 Å². The molecule has 0 aliphatic rings. The van der Waals surface area contributed by atoms with Gasteiger partial charge in [-0.05, 0) is 24.3 Å². The van der Waals surface area contributed by atoms with E-state index in [2.05, 4.69) is 5.32 Å². The first-order chi connectivity index (χ1) is 10.2. The van der Waals surface area contributed by atoms with Crippen molar-refractivity contribution >= 4 is 5.91 Å². The number of para-hydroxylation sites is 1. The van der Waals surface area contributed by atoms with Gasteiger partial charge in [-0.15, -0.1) is 0 Å². The van der Waals surface area contributed by atoms with Gasteiger partial charge in [-0.25, -0.2) is 4.39 Å². The zero-order valence-corrected chi connectivity index (χ0v) is 11.3. The van der Waals surface area contributed by atoms with Crippen LogP contribution in [0.2, 0.25) is 0 Å². The van der Waals surface area contributed by atoms with Crippen LogP contribution in [0, 0.1) is 5.82 Å². The Morgan fingerprint density at radius 3 is 2.86 bits per heavy atom. The highest BCUT2D eigenvalue weighted by atomic mass is 19.1. The van der Waals surface area contributed by atoms with E-state index in [1.165, 1.54) is 18.4 Å². The summed E-state index contributed by atoms with van der Waals surface area (Å²) in [7, 11) is 0. The van der Waals surface area contributed by atoms with Gasteiger partial charge < -0.3 is 19.6 Å². The Labute approximate surface area is 121 Å². The van der Waals surface area contributed by atoms with Crippen LogP contribution < -0.4 is 10.1 Å². The molecular formula is C15H16FNO4. The summed E-state index contributed by atoms with van der Waals surface area (Å²) in [6, 6.07) is 9.27. The molecule has 0 bridgehead atoms. The van der Waals surface area contributed by atoms with Crippen LogP contribution in [0.3, 0.4) is 0 Å². The first kappa shape index (κ1) is 15.1. The Bertz CT molecular complexity index is 571. The van der Waals surface area contributed by atoms with Gasteiger partial charge in [0.1, 0.15) is 11.9 Å². The minimum Gasteiger partial charge on any atom is -0.490 e. The first-order valence-corrected chi connectivity index (χ1v) is 6.52. The third-order valence-electron chi connectivity index (χ3n) is 2.79. The standard InChI is InChI=1S/C15H16FNO4/c16-11-4-1-2-5-13(11)21-9-7-15(19)17-10-12(18)14-6-3-8-20-14/h1-6,8,12,18H,7,9-10H2,(H,17,19). The lowest BCUT2D eigenvalue weighted by Crippen LogP contribution is -2.29. The maximum absolute atomic E-state index is 13.3. The number of aliphatic hydroxyl groups excluding tert-OH is 1. The number of hydrogen-bond donors (Lipinski definition) is 2. The fourth-order valence-electron chi connectivity index (χ4n) is 1.70. The number of furan rings is 1. The Morgan fingerprint density at radius 1 is 1.33 bits per heavy atom. The zero-order chi connectivity index (χ0) is 15.1. The van der Waals surface area contributed by atoms with E-state index in [1.807, 2.05) is 0 Å². The summed E-state index contributed by atoms with van der Waals surface area (Å²) in [5.74, 6) is -0.262. The van der Waals surface area contributed by atoms with E-state index in [-0.39, 0.29) is 31.2 Å². The van der Waals surface area contributed by atoms with E-state index >= 15 is 0 Å². The average Bonchev–Trinajstić information content (AvgIpc) is 3.01. The lowest BCUT2D eigenvalue weighted by atomic mass is 10.2. The Morgan fingerprint density at radius 2 is 2.14 bits per heavy atom. The molecular weight excluding hydrogens is 277 g/mol. The second-order valence-electron chi connectivity index (χ2n) is 4.36. The van der Waals surface area contributed by atoms with Gasteiger partial charge in [0.05, 0.1) is 25.8 Å². The molecule has 0 aliphatic heterocycles. The van der Waals surface area contributed by atoms with Crippen LogP contribution in [0.25, 0.3) is 0 Å². The number of carbonyl (C=O) groups excluding carboxylic acids is 1. The lowest BCUT2D eigenvalue weighted by molar-refractivity contribution is -0.122. The van der Waals surface area contributed by atoms with Crippen LogP contribution in [-0.4, -0.2) is 24.2 Å². The number of hydrogen-bond acceptors (Lipinski definition) is 4. The Balaban J connectivity index is 1.67. The summed E-state index contributed by atoms with van der Waals surface area (Å²) in [4.78, 5) is 11.6. The molecule has 2 rings (SSSR count). The average molecular weight is 293 g/mol. The molecule has 0 fully saturated rings. The topological polar surface area (TPSA) is 71.7 Å². The highest BCUT2D eigenvalue weighted by Gasteiger charge is 2.12. The smallest absolute Gasteiger partial charge is 0.223 e. The van der Waals surface area contributed by atoms with Gasteiger partial charge in [0.2, 0.25) is 5.91 Å². The van der Waals surface area contributed by atoms with Gasteiger partial charge >= 0.3 is 0 Å². The predicted molar refractivity (Wildman–Crippen MR) is 73.2 cm³/mol. The van der Waals surface area contributed by atoms with E-state index in [9.17, 15) is 14.3 Å². The fourth-order valence-corrected chi connectivity index (χ4v) is 1.70. The number of halogens is 1. The van der Waals surface area contributed by atoms with E-state index in [0.29, 0.717) is 5.76 Å². The third kappa shape index (κ3) is 4.61. The van der Waals surface area contributed by atoms with E-state index in [1.54, 1.807) is 24.3 Å². The first-order valence-electron chi connectivity index (χ1n) is 6.52. The second kappa shape index (κ2) is 7.44. The minimum absolute atomic E-state index is 0.0477. The molecule has 5 nitrogen and oxygen atoms in total. The van der Waals surface area contributed by atoms with Crippen molar-refractivity contribution in [3.63, 3.8) is 0 Å². The van der Waals surface area contributed by atoms with Crippen molar-refractivity contribution in [2.24, 2.45) is 0 Å². The summed E-state index contributed by atoms with van der Waals surface area (Å²) >= 11 is 0. The number of ether oxygens (including phenoxy) is 1. The zero-order valence-electron chi connectivity index (χ0n) is 11.3. The number of rotatable bonds is 7. The maximum Gasteiger partial charge on any atom is 0.223 e. The molecule has 0 radical (unpaired) electrons. The molecule has 0 saturated carbocycles. The fraction of sp³-hybridized carbons (Fsp3) is 0.267. The van der Waals surface area contributed by atoms with Gasteiger partial charge in [0, 0.05) is 0 Å². The molecule has 1 amide bonds. The molecule has 1 aromatic carbocycles. The minimum atomic E-state index is -0.892.